The third-order valence-corrected chi connectivity index (χ3v) is 5.65. The van der Waals surface area contributed by atoms with Gasteiger partial charge in [-0.1, -0.05) is 54.6 Å². The lowest BCUT2D eigenvalue weighted by Crippen LogP contribution is -1.98. The number of para-hydroxylation sites is 2. The summed E-state index contributed by atoms with van der Waals surface area (Å²) in [5.41, 5.74) is 3.44. The number of aromatic nitrogens is 3. The number of fused-ring (bicyclic) bond motifs is 3. The summed E-state index contributed by atoms with van der Waals surface area (Å²) in [6.07, 6.45) is 1.78. The second-order valence-electron chi connectivity index (χ2n) is 7.71. The Hall–Kier alpha value is -4.64. The normalized spacial score (nSPS) is 11.2. The number of pyridine rings is 2. The summed E-state index contributed by atoms with van der Waals surface area (Å²) in [4.78, 5) is 9.40. The SMILES string of the molecule is Oc1ccccc1-c1cccc(Oc2ccc3c4ccccc4n(-c4ccccn4)c3n2)c1. The molecule has 0 aliphatic rings. The summed E-state index contributed by atoms with van der Waals surface area (Å²) in [5.74, 6) is 2.16. The van der Waals surface area contributed by atoms with Gasteiger partial charge in [0.1, 0.15) is 17.3 Å². The van der Waals surface area contributed by atoms with Crippen LogP contribution < -0.4 is 4.74 Å². The molecule has 5 heteroatoms. The van der Waals surface area contributed by atoms with Crippen LogP contribution in [0.4, 0.5) is 0 Å². The van der Waals surface area contributed by atoms with Gasteiger partial charge in [0.15, 0.2) is 5.65 Å². The van der Waals surface area contributed by atoms with Crippen molar-refractivity contribution in [2.45, 2.75) is 0 Å². The summed E-state index contributed by atoms with van der Waals surface area (Å²) >= 11 is 0. The van der Waals surface area contributed by atoms with E-state index in [1.165, 1.54) is 0 Å². The van der Waals surface area contributed by atoms with Crippen LogP contribution in [0, 0.1) is 0 Å². The molecule has 0 aliphatic carbocycles. The van der Waals surface area contributed by atoms with Gasteiger partial charge >= 0.3 is 0 Å². The van der Waals surface area contributed by atoms with Crippen LogP contribution in [0.25, 0.3) is 38.9 Å². The standard InChI is InChI=1S/C28H19N3O2/c32-25-13-4-2-10-21(25)19-8-7-9-20(18-19)33-27-16-15-23-22-11-1-3-12-24(22)31(28(23)30-27)26-14-5-6-17-29-26/h1-18,32H. The van der Waals surface area contributed by atoms with Gasteiger partial charge in [-0.15, -0.1) is 0 Å². The Bertz CT molecular complexity index is 1610. The Morgan fingerprint density at radius 3 is 2.45 bits per heavy atom. The fourth-order valence-electron chi connectivity index (χ4n) is 4.16. The summed E-state index contributed by atoms with van der Waals surface area (Å²) in [6.45, 7) is 0. The smallest absolute Gasteiger partial charge is 0.221 e. The highest BCUT2D eigenvalue weighted by Crippen LogP contribution is 2.34. The Kier molecular flexibility index (Phi) is 4.51. The Morgan fingerprint density at radius 2 is 1.58 bits per heavy atom. The molecule has 0 saturated heterocycles. The molecule has 0 unspecified atom stereocenters. The second-order valence-corrected chi connectivity index (χ2v) is 7.71. The molecule has 6 rings (SSSR count). The number of rotatable bonds is 4. The van der Waals surface area contributed by atoms with E-state index in [1.54, 1.807) is 18.3 Å². The van der Waals surface area contributed by atoms with Gasteiger partial charge in [0.2, 0.25) is 5.88 Å². The molecule has 0 amide bonds. The van der Waals surface area contributed by atoms with Gasteiger partial charge in [0.05, 0.1) is 5.52 Å². The number of ether oxygens (including phenoxy) is 1. The second kappa shape index (κ2) is 7.80. The van der Waals surface area contributed by atoms with Crippen molar-refractivity contribution >= 4 is 21.9 Å². The molecule has 1 N–H and O–H groups in total. The summed E-state index contributed by atoms with van der Waals surface area (Å²) < 4.78 is 8.20. The van der Waals surface area contributed by atoms with Crippen molar-refractivity contribution in [2.75, 3.05) is 0 Å². The van der Waals surface area contributed by atoms with Crippen molar-refractivity contribution in [1.29, 1.82) is 0 Å². The maximum atomic E-state index is 10.2. The van der Waals surface area contributed by atoms with Crippen molar-refractivity contribution in [1.82, 2.24) is 14.5 Å². The summed E-state index contributed by atoms with van der Waals surface area (Å²) in [6, 6.07) is 32.8. The van der Waals surface area contributed by atoms with Gasteiger partial charge in [0, 0.05) is 28.6 Å². The van der Waals surface area contributed by atoms with E-state index >= 15 is 0 Å². The van der Waals surface area contributed by atoms with E-state index < -0.39 is 0 Å². The number of benzene rings is 3. The predicted octanol–water partition coefficient (Wildman–Crippen LogP) is 6.74. The maximum absolute atomic E-state index is 10.2. The largest absolute Gasteiger partial charge is 0.507 e. The topological polar surface area (TPSA) is 60.2 Å². The van der Waals surface area contributed by atoms with Gasteiger partial charge in [0.25, 0.3) is 0 Å². The van der Waals surface area contributed by atoms with Crippen molar-refractivity contribution < 1.29 is 9.84 Å². The van der Waals surface area contributed by atoms with E-state index in [-0.39, 0.29) is 5.75 Å². The zero-order valence-electron chi connectivity index (χ0n) is 17.6. The molecule has 3 aromatic carbocycles. The van der Waals surface area contributed by atoms with Gasteiger partial charge in [-0.25, -0.2) is 4.98 Å². The van der Waals surface area contributed by atoms with E-state index in [1.807, 2.05) is 78.9 Å². The van der Waals surface area contributed by atoms with Crippen LogP contribution in [0.15, 0.2) is 109 Å². The van der Waals surface area contributed by atoms with Gasteiger partial charge in [-0.3, -0.25) is 4.57 Å². The summed E-state index contributed by atoms with van der Waals surface area (Å²) in [7, 11) is 0. The van der Waals surface area contributed by atoms with Crippen molar-refractivity contribution in [3.63, 3.8) is 0 Å². The van der Waals surface area contributed by atoms with Crippen LogP contribution in [0.5, 0.6) is 17.4 Å². The quantitative estimate of drug-likeness (QED) is 0.337. The zero-order valence-corrected chi connectivity index (χ0v) is 17.6. The van der Waals surface area contributed by atoms with Crippen molar-refractivity contribution in [3.8, 4) is 34.3 Å². The van der Waals surface area contributed by atoms with E-state index in [2.05, 4.69) is 21.7 Å². The number of hydrogen-bond acceptors (Lipinski definition) is 4. The van der Waals surface area contributed by atoms with E-state index in [9.17, 15) is 5.11 Å². The van der Waals surface area contributed by atoms with Crippen LogP contribution >= 0.6 is 0 Å². The van der Waals surface area contributed by atoms with Crippen LogP contribution in [0.3, 0.4) is 0 Å². The molecule has 0 radical (unpaired) electrons. The highest BCUT2D eigenvalue weighted by Gasteiger charge is 2.15. The van der Waals surface area contributed by atoms with E-state index in [0.717, 1.165) is 38.9 Å². The molecular weight excluding hydrogens is 410 g/mol. The first-order valence-electron chi connectivity index (χ1n) is 10.7. The molecule has 3 aromatic heterocycles. The van der Waals surface area contributed by atoms with E-state index in [4.69, 9.17) is 9.72 Å². The molecule has 0 saturated carbocycles. The van der Waals surface area contributed by atoms with Gasteiger partial charge < -0.3 is 9.84 Å². The molecule has 0 spiro atoms. The first-order valence-corrected chi connectivity index (χ1v) is 10.7. The molecule has 0 fully saturated rings. The van der Waals surface area contributed by atoms with Crippen molar-refractivity contribution in [2.24, 2.45) is 0 Å². The maximum Gasteiger partial charge on any atom is 0.221 e. The average molecular weight is 429 g/mol. The number of aromatic hydroxyl groups is 1. The minimum Gasteiger partial charge on any atom is -0.507 e. The predicted molar refractivity (Wildman–Crippen MR) is 130 cm³/mol. The minimum atomic E-state index is 0.231. The summed E-state index contributed by atoms with van der Waals surface area (Å²) in [5, 5.41) is 12.4. The fourth-order valence-corrected chi connectivity index (χ4v) is 4.16. The zero-order chi connectivity index (χ0) is 22.2. The number of nitrogens with zero attached hydrogens (tertiary/aromatic N) is 3. The lowest BCUT2D eigenvalue weighted by molar-refractivity contribution is 0.464. The Balaban J connectivity index is 1.46. The van der Waals surface area contributed by atoms with Crippen LogP contribution in [0.2, 0.25) is 0 Å². The molecule has 33 heavy (non-hydrogen) atoms. The molecule has 5 nitrogen and oxygen atoms in total. The van der Waals surface area contributed by atoms with Gasteiger partial charge in [-0.05, 0) is 48.0 Å². The first kappa shape index (κ1) is 19.1. The third kappa shape index (κ3) is 3.36. The van der Waals surface area contributed by atoms with Crippen LogP contribution in [0.1, 0.15) is 0 Å². The monoisotopic (exact) mass is 429 g/mol. The number of hydrogen-bond donors (Lipinski definition) is 1. The van der Waals surface area contributed by atoms with Crippen molar-refractivity contribution in [3.05, 3.63) is 109 Å². The fraction of sp³-hybridized carbons (Fsp3) is 0. The van der Waals surface area contributed by atoms with Gasteiger partial charge in [-0.2, -0.15) is 4.98 Å². The molecule has 158 valence electrons. The molecule has 0 aliphatic heterocycles. The molecule has 6 aromatic rings. The van der Waals surface area contributed by atoms with Crippen LogP contribution in [-0.4, -0.2) is 19.6 Å². The van der Waals surface area contributed by atoms with Crippen LogP contribution in [-0.2, 0) is 0 Å². The number of phenols is 1. The lowest BCUT2D eigenvalue weighted by atomic mass is 10.0. The highest BCUT2D eigenvalue weighted by atomic mass is 16.5. The first-order chi connectivity index (χ1) is 16.3. The highest BCUT2D eigenvalue weighted by molar-refractivity contribution is 6.07. The third-order valence-electron chi connectivity index (χ3n) is 5.65. The molecule has 3 heterocycles. The van der Waals surface area contributed by atoms with E-state index in [0.29, 0.717) is 11.6 Å². The number of phenolic OH excluding ortho intramolecular Hbond substituents is 1. The Labute approximate surface area is 190 Å². The molecular formula is C28H19N3O2. The average Bonchev–Trinajstić information content (AvgIpc) is 3.19. The molecule has 0 atom stereocenters. The Morgan fingerprint density at radius 1 is 0.727 bits per heavy atom. The molecule has 0 bridgehead atoms. The minimum absolute atomic E-state index is 0.231. The lowest BCUT2D eigenvalue weighted by Gasteiger charge is -2.09.